The van der Waals surface area contributed by atoms with E-state index in [1.165, 1.54) is 11.0 Å². The summed E-state index contributed by atoms with van der Waals surface area (Å²) in [5, 5.41) is 10.1. The molecule has 146 valence electrons. The second kappa shape index (κ2) is 7.38. The Balaban J connectivity index is 1.63. The number of rotatable bonds is 4. The van der Waals surface area contributed by atoms with Crippen molar-refractivity contribution in [1.29, 1.82) is 0 Å². The van der Waals surface area contributed by atoms with Crippen molar-refractivity contribution in [1.82, 2.24) is 24.9 Å². The molecular formula is C21H17F2N5O. The highest BCUT2D eigenvalue weighted by Gasteiger charge is 2.22. The molecule has 29 heavy (non-hydrogen) atoms. The topological polar surface area (TPSA) is 63.9 Å². The predicted molar refractivity (Wildman–Crippen MR) is 104 cm³/mol. The van der Waals surface area contributed by atoms with Gasteiger partial charge in [0.15, 0.2) is 17.3 Å². The molecule has 8 heteroatoms. The van der Waals surface area contributed by atoms with Crippen LogP contribution in [0.5, 0.6) is 0 Å². The maximum Gasteiger partial charge on any atom is 0.276 e. The Hall–Kier alpha value is -3.68. The number of halogens is 2. The summed E-state index contributed by atoms with van der Waals surface area (Å²) in [4.78, 5) is 18.4. The summed E-state index contributed by atoms with van der Waals surface area (Å²) in [5.74, 6) is -2.23. The van der Waals surface area contributed by atoms with Gasteiger partial charge in [-0.05, 0) is 36.8 Å². The van der Waals surface area contributed by atoms with Gasteiger partial charge in [-0.3, -0.25) is 9.78 Å². The summed E-state index contributed by atoms with van der Waals surface area (Å²) in [5.41, 5.74) is 2.04. The number of carbonyl (C=O) groups is 1. The molecule has 0 saturated heterocycles. The number of hydrogen-bond donors (Lipinski definition) is 0. The molecule has 0 saturated carbocycles. The van der Waals surface area contributed by atoms with Crippen LogP contribution in [0, 0.1) is 18.6 Å². The summed E-state index contributed by atoms with van der Waals surface area (Å²) in [6.07, 6.45) is 3.45. The SMILES string of the molecule is Cc1c(C(=O)N(C)Cc2ccc(F)c(F)c2)nnn1-c1cccc2cnccc12. The van der Waals surface area contributed by atoms with Gasteiger partial charge >= 0.3 is 0 Å². The molecule has 2 aromatic carbocycles. The Kier molecular flexibility index (Phi) is 4.75. The van der Waals surface area contributed by atoms with Gasteiger partial charge in [-0.2, -0.15) is 0 Å². The Morgan fingerprint density at radius 1 is 1.14 bits per heavy atom. The highest BCUT2D eigenvalue weighted by atomic mass is 19.2. The molecule has 2 aromatic heterocycles. The largest absolute Gasteiger partial charge is 0.336 e. The van der Waals surface area contributed by atoms with Gasteiger partial charge in [-0.15, -0.1) is 5.10 Å². The highest BCUT2D eigenvalue weighted by Crippen LogP contribution is 2.23. The van der Waals surface area contributed by atoms with Crippen LogP contribution < -0.4 is 0 Å². The van der Waals surface area contributed by atoms with Crippen molar-refractivity contribution in [2.75, 3.05) is 7.05 Å². The molecule has 2 heterocycles. The van der Waals surface area contributed by atoms with Crippen molar-refractivity contribution in [3.05, 3.63) is 83.4 Å². The maximum atomic E-state index is 13.4. The molecule has 0 fully saturated rings. The molecule has 0 radical (unpaired) electrons. The first-order valence-electron chi connectivity index (χ1n) is 8.90. The van der Waals surface area contributed by atoms with Crippen LogP contribution in [0.1, 0.15) is 21.7 Å². The fraction of sp³-hybridized carbons (Fsp3) is 0.143. The van der Waals surface area contributed by atoms with E-state index >= 15 is 0 Å². The van der Waals surface area contributed by atoms with E-state index in [-0.39, 0.29) is 18.1 Å². The van der Waals surface area contributed by atoms with Gasteiger partial charge in [-0.25, -0.2) is 13.5 Å². The van der Waals surface area contributed by atoms with Crippen LogP contribution in [-0.4, -0.2) is 37.8 Å². The molecule has 0 aliphatic rings. The number of hydrogen-bond acceptors (Lipinski definition) is 4. The zero-order chi connectivity index (χ0) is 20.5. The van der Waals surface area contributed by atoms with E-state index in [0.717, 1.165) is 28.6 Å². The first-order valence-corrected chi connectivity index (χ1v) is 8.90. The lowest BCUT2D eigenvalue weighted by Crippen LogP contribution is -2.27. The van der Waals surface area contributed by atoms with Crippen LogP contribution in [0.2, 0.25) is 0 Å². The third-order valence-electron chi connectivity index (χ3n) is 4.73. The standard InChI is InChI=1S/C21H17F2N5O/c1-13-20(21(29)27(2)12-14-6-7-17(22)18(23)10-14)25-26-28(13)19-5-3-4-15-11-24-9-8-16(15)19/h3-11H,12H2,1-2H3. The van der Waals surface area contributed by atoms with Gasteiger partial charge in [0.1, 0.15) is 0 Å². The summed E-state index contributed by atoms with van der Waals surface area (Å²) >= 11 is 0. The Bertz CT molecular complexity index is 1220. The van der Waals surface area contributed by atoms with E-state index < -0.39 is 11.6 Å². The van der Waals surface area contributed by atoms with Gasteiger partial charge < -0.3 is 4.90 Å². The number of aromatic nitrogens is 4. The summed E-state index contributed by atoms with van der Waals surface area (Å²) in [6, 6.07) is 11.2. The number of amides is 1. The second-order valence-corrected chi connectivity index (χ2v) is 6.72. The van der Waals surface area contributed by atoms with Gasteiger partial charge in [-0.1, -0.05) is 23.4 Å². The van der Waals surface area contributed by atoms with Crippen LogP contribution in [0.3, 0.4) is 0 Å². The smallest absolute Gasteiger partial charge is 0.276 e. The third kappa shape index (κ3) is 3.44. The Labute approximate surface area is 165 Å². The van der Waals surface area contributed by atoms with Crippen LogP contribution in [-0.2, 0) is 6.54 Å². The zero-order valence-corrected chi connectivity index (χ0v) is 15.8. The first-order chi connectivity index (χ1) is 14.0. The molecule has 4 rings (SSSR count). The number of benzene rings is 2. The van der Waals surface area contributed by atoms with Crippen LogP contribution >= 0.6 is 0 Å². The normalized spacial score (nSPS) is 11.0. The average molecular weight is 393 g/mol. The summed E-state index contributed by atoms with van der Waals surface area (Å²) < 4.78 is 28.1. The molecule has 0 aliphatic heterocycles. The van der Waals surface area contributed by atoms with Crippen molar-refractivity contribution in [2.45, 2.75) is 13.5 Å². The molecule has 4 aromatic rings. The molecule has 0 N–H and O–H groups in total. The van der Waals surface area contributed by atoms with Crippen LogP contribution in [0.15, 0.2) is 54.9 Å². The maximum absolute atomic E-state index is 13.4. The van der Waals surface area contributed by atoms with Crippen molar-refractivity contribution in [3.63, 3.8) is 0 Å². The number of pyridine rings is 1. The average Bonchev–Trinajstić information content (AvgIpc) is 3.10. The van der Waals surface area contributed by atoms with Crippen molar-refractivity contribution < 1.29 is 13.6 Å². The van der Waals surface area contributed by atoms with Gasteiger partial charge in [0.25, 0.3) is 5.91 Å². The lowest BCUT2D eigenvalue weighted by molar-refractivity contribution is 0.0778. The van der Waals surface area contributed by atoms with E-state index in [2.05, 4.69) is 15.3 Å². The Morgan fingerprint density at radius 3 is 2.76 bits per heavy atom. The van der Waals surface area contributed by atoms with E-state index in [1.54, 1.807) is 31.0 Å². The predicted octanol–water partition coefficient (Wildman–Crippen LogP) is 3.67. The number of nitrogens with zero attached hydrogens (tertiary/aromatic N) is 5. The number of fused-ring (bicyclic) bond motifs is 1. The van der Waals surface area contributed by atoms with E-state index in [4.69, 9.17) is 0 Å². The fourth-order valence-electron chi connectivity index (χ4n) is 3.21. The van der Waals surface area contributed by atoms with Gasteiger partial charge in [0.2, 0.25) is 0 Å². The molecular weight excluding hydrogens is 376 g/mol. The summed E-state index contributed by atoms with van der Waals surface area (Å²) in [6.45, 7) is 1.88. The molecule has 0 bridgehead atoms. The van der Waals surface area contributed by atoms with E-state index in [1.807, 2.05) is 24.3 Å². The lowest BCUT2D eigenvalue weighted by Gasteiger charge is -2.16. The Morgan fingerprint density at radius 2 is 1.97 bits per heavy atom. The third-order valence-corrected chi connectivity index (χ3v) is 4.73. The second-order valence-electron chi connectivity index (χ2n) is 6.72. The molecule has 0 unspecified atom stereocenters. The molecule has 0 aliphatic carbocycles. The number of carbonyl (C=O) groups excluding carboxylic acids is 1. The van der Waals surface area contributed by atoms with Crippen LogP contribution in [0.25, 0.3) is 16.5 Å². The van der Waals surface area contributed by atoms with E-state index in [0.29, 0.717) is 11.3 Å². The van der Waals surface area contributed by atoms with Crippen molar-refractivity contribution in [2.24, 2.45) is 0 Å². The van der Waals surface area contributed by atoms with Gasteiger partial charge in [0.05, 0.1) is 11.4 Å². The van der Waals surface area contributed by atoms with Crippen LogP contribution in [0.4, 0.5) is 8.78 Å². The fourth-order valence-corrected chi connectivity index (χ4v) is 3.21. The molecule has 0 atom stereocenters. The summed E-state index contributed by atoms with van der Waals surface area (Å²) in [7, 11) is 1.58. The van der Waals surface area contributed by atoms with Gasteiger partial charge in [0, 0.05) is 36.8 Å². The minimum Gasteiger partial charge on any atom is -0.336 e. The van der Waals surface area contributed by atoms with Crippen molar-refractivity contribution >= 4 is 16.7 Å². The lowest BCUT2D eigenvalue weighted by atomic mass is 10.1. The molecule has 6 nitrogen and oxygen atoms in total. The minimum atomic E-state index is -0.948. The highest BCUT2D eigenvalue weighted by molar-refractivity contribution is 5.94. The minimum absolute atomic E-state index is 0.113. The monoisotopic (exact) mass is 393 g/mol. The first kappa shape index (κ1) is 18.7. The quantitative estimate of drug-likeness (QED) is 0.531. The molecule has 0 spiro atoms. The molecule has 1 amide bonds. The zero-order valence-electron chi connectivity index (χ0n) is 15.8. The van der Waals surface area contributed by atoms with Crippen molar-refractivity contribution in [3.8, 4) is 5.69 Å². The van der Waals surface area contributed by atoms with E-state index in [9.17, 15) is 13.6 Å².